The van der Waals surface area contributed by atoms with Gasteiger partial charge in [-0.2, -0.15) is 9.82 Å². The number of fused-ring (bicyclic) bond motifs is 1. The number of rotatable bonds is 11. The summed E-state index contributed by atoms with van der Waals surface area (Å²) in [6.07, 6.45) is 5.64. The highest BCUT2D eigenvalue weighted by molar-refractivity contribution is 7.88. The van der Waals surface area contributed by atoms with Gasteiger partial charge in [-0.25, -0.2) is 13.4 Å². The van der Waals surface area contributed by atoms with Crippen molar-refractivity contribution in [2.24, 2.45) is 0 Å². The number of aromatic nitrogens is 3. The van der Waals surface area contributed by atoms with E-state index in [1.165, 1.54) is 17.8 Å². The second-order valence-electron chi connectivity index (χ2n) is 8.65. The molecule has 0 saturated carbocycles. The Hall–Kier alpha value is -3.48. The average Bonchev–Trinajstić information content (AvgIpc) is 3.35. The third-order valence-electron chi connectivity index (χ3n) is 5.83. The largest absolute Gasteiger partial charge is 0.480 e. The van der Waals surface area contributed by atoms with Gasteiger partial charge in [0.1, 0.15) is 11.9 Å². The zero-order valence-corrected chi connectivity index (χ0v) is 21.4. The fourth-order valence-electron chi connectivity index (χ4n) is 3.90. The van der Waals surface area contributed by atoms with Crippen molar-refractivity contribution >= 4 is 39.3 Å². The van der Waals surface area contributed by atoms with E-state index < -0.39 is 40.2 Å². The Morgan fingerprint density at radius 3 is 2.81 bits per heavy atom. The van der Waals surface area contributed by atoms with Crippen LogP contribution in [0.25, 0.3) is 0 Å². The normalized spacial score (nSPS) is 13.9. The molecule has 0 radical (unpaired) electrons. The molecule has 196 valence electrons. The van der Waals surface area contributed by atoms with Gasteiger partial charge in [-0.15, -0.1) is 0 Å². The SMILES string of the molecule is O=C(NC[C@H](NS(=O)(=O)Cc1ccccc1Cl)C(=O)O)c1cnn(CCc2ccc3c(n2)NCCC3)c1. The Morgan fingerprint density at radius 1 is 1.22 bits per heavy atom. The standard InChI is InChI=1S/C24H27ClN6O5S/c25-20-6-2-1-4-17(20)15-37(35,36)30-21(24(33)34)13-27-23(32)18-12-28-31(14-18)11-9-19-8-7-16-5-3-10-26-22(16)29-19/h1-2,4,6-8,12,14,21,30H,3,5,9-11,13,15H2,(H,26,29)(H,27,32)(H,33,34)/t21-/m0/s1. The van der Waals surface area contributed by atoms with Gasteiger partial charge in [-0.1, -0.05) is 35.9 Å². The smallest absolute Gasteiger partial charge is 0.323 e. The number of hydrogen-bond donors (Lipinski definition) is 4. The number of carboxylic acids is 1. The maximum atomic E-state index is 12.5. The maximum absolute atomic E-state index is 12.5. The highest BCUT2D eigenvalue weighted by atomic mass is 35.5. The van der Waals surface area contributed by atoms with Crippen LogP contribution in [0.15, 0.2) is 48.8 Å². The molecule has 37 heavy (non-hydrogen) atoms. The lowest BCUT2D eigenvalue weighted by Crippen LogP contribution is -2.48. The Bertz CT molecular complexity index is 1390. The lowest BCUT2D eigenvalue weighted by molar-refractivity contribution is -0.138. The number of sulfonamides is 1. The van der Waals surface area contributed by atoms with Crippen molar-refractivity contribution in [3.05, 3.63) is 76.2 Å². The van der Waals surface area contributed by atoms with Gasteiger partial charge in [-0.05, 0) is 36.1 Å². The second-order valence-corrected chi connectivity index (χ2v) is 10.8. The van der Waals surface area contributed by atoms with Crippen molar-refractivity contribution < 1.29 is 23.1 Å². The van der Waals surface area contributed by atoms with Crippen LogP contribution < -0.4 is 15.4 Å². The molecule has 0 aliphatic carbocycles. The molecule has 3 aromatic rings. The molecule has 1 aliphatic rings. The zero-order chi connectivity index (χ0) is 26.4. The number of carboxylic acid groups (broad SMARTS) is 1. The fourth-order valence-corrected chi connectivity index (χ4v) is 5.54. The number of benzene rings is 1. The van der Waals surface area contributed by atoms with Crippen LogP contribution in [0, 0.1) is 0 Å². The predicted octanol–water partition coefficient (Wildman–Crippen LogP) is 1.83. The number of aliphatic carboxylic acids is 1. The molecule has 13 heteroatoms. The predicted molar refractivity (Wildman–Crippen MR) is 138 cm³/mol. The molecule has 0 bridgehead atoms. The summed E-state index contributed by atoms with van der Waals surface area (Å²) in [5.41, 5.74) is 2.67. The lowest BCUT2D eigenvalue weighted by Gasteiger charge is -2.17. The van der Waals surface area contributed by atoms with E-state index in [0.29, 0.717) is 18.5 Å². The maximum Gasteiger partial charge on any atom is 0.323 e. The molecule has 1 aromatic carbocycles. The summed E-state index contributed by atoms with van der Waals surface area (Å²) in [6.45, 7) is 0.957. The van der Waals surface area contributed by atoms with Crippen LogP contribution in [0.2, 0.25) is 5.02 Å². The van der Waals surface area contributed by atoms with Crippen LogP contribution in [0.5, 0.6) is 0 Å². The molecular formula is C24H27ClN6O5S. The first-order chi connectivity index (χ1) is 17.7. The van der Waals surface area contributed by atoms with Gasteiger partial charge >= 0.3 is 5.97 Å². The van der Waals surface area contributed by atoms with Crippen LogP contribution >= 0.6 is 11.6 Å². The minimum absolute atomic E-state index is 0.225. The Balaban J connectivity index is 1.30. The molecule has 3 heterocycles. The highest BCUT2D eigenvalue weighted by Gasteiger charge is 2.26. The van der Waals surface area contributed by atoms with Crippen molar-refractivity contribution in [1.29, 1.82) is 0 Å². The van der Waals surface area contributed by atoms with Gasteiger partial charge in [0.15, 0.2) is 0 Å². The van der Waals surface area contributed by atoms with E-state index in [1.807, 2.05) is 6.07 Å². The van der Waals surface area contributed by atoms with E-state index in [4.69, 9.17) is 11.6 Å². The van der Waals surface area contributed by atoms with Crippen LogP contribution in [0.3, 0.4) is 0 Å². The van der Waals surface area contributed by atoms with Gasteiger partial charge in [0, 0.05) is 43.0 Å². The summed E-state index contributed by atoms with van der Waals surface area (Å²) in [6, 6.07) is 8.88. The number of nitrogens with one attached hydrogen (secondary N) is 3. The molecule has 1 amide bonds. The first-order valence-electron chi connectivity index (χ1n) is 11.7. The van der Waals surface area contributed by atoms with Crippen molar-refractivity contribution in [3.8, 4) is 0 Å². The number of aryl methyl sites for hydroxylation is 3. The monoisotopic (exact) mass is 546 g/mol. The molecule has 0 spiro atoms. The molecule has 1 aliphatic heterocycles. The van der Waals surface area contributed by atoms with Gasteiger partial charge in [0.05, 0.1) is 17.5 Å². The Morgan fingerprint density at radius 2 is 2.03 bits per heavy atom. The third kappa shape index (κ3) is 7.28. The summed E-state index contributed by atoms with van der Waals surface area (Å²) in [5, 5.41) is 19.7. The molecule has 11 nitrogen and oxygen atoms in total. The first-order valence-corrected chi connectivity index (χ1v) is 13.7. The van der Waals surface area contributed by atoms with Gasteiger partial charge < -0.3 is 15.7 Å². The molecule has 0 fully saturated rings. The number of hydrogen-bond acceptors (Lipinski definition) is 7. The van der Waals surface area contributed by atoms with E-state index in [9.17, 15) is 23.1 Å². The summed E-state index contributed by atoms with van der Waals surface area (Å²) >= 11 is 6.01. The number of anilines is 1. The molecule has 2 aromatic heterocycles. The average molecular weight is 547 g/mol. The summed E-state index contributed by atoms with van der Waals surface area (Å²) in [4.78, 5) is 28.8. The minimum atomic E-state index is -4.04. The molecule has 0 saturated heterocycles. The highest BCUT2D eigenvalue weighted by Crippen LogP contribution is 2.20. The number of amides is 1. The molecule has 4 N–H and O–H groups in total. The summed E-state index contributed by atoms with van der Waals surface area (Å²) in [7, 11) is -4.04. The van der Waals surface area contributed by atoms with E-state index in [-0.39, 0.29) is 10.6 Å². The number of nitrogens with zero attached hydrogens (tertiary/aromatic N) is 3. The number of pyridine rings is 1. The van der Waals surface area contributed by atoms with Crippen molar-refractivity contribution in [2.45, 2.75) is 37.6 Å². The van der Waals surface area contributed by atoms with Crippen LogP contribution in [0.1, 0.15) is 33.6 Å². The quantitative estimate of drug-likeness (QED) is 0.284. The third-order valence-corrected chi connectivity index (χ3v) is 7.54. The van der Waals surface area contributed by atoms with Crippen LogP contribution in [-0.2, 0) is 40.0 Å². The number of carbonyl (C=O) groups is 2. The Kier molecular flexibility index (Phi) is 8.41. The van der Waals surface area contributed by atoms with Crippen molar-refractivity contribution in [2.75, 3.05) is 18.4 Å². The summed E-state index contributed by atoms with van der Waals surface area (Å²) < 4.78 is 28.7. The van der Waals surface area contributed by atoms with E-state index in [1.54, 1.807) is 29.1 Å². The van der Waals surface area contributed by atoms with Crippen LogP contribution in [0.4, 0.5) is 5.82 Å². The van der Waals surface area contributed by atoms with Crippen molar-refractivity contribution in [3.63, 3.8) is 0 Å². The zero-order valence-electron chi connectivity index (χ0n) is 19.9. The minimum Gasteiger partial charge on any atom is -0.480 e. The number of carbonyl (C=O) groups excluding carboxylic acids is 1. The second kappa shape index (κ2) is 11.7. The first kappa shape index (κ1) is 26.6. The molecule has 4 rings (SSSR count). The summed E-state index contributed by atoms with van der Waals surface area (Å²) in [5.74, 6) is -1.57. The van der Waals surface area contributed by atoms with E-state index in [2.05, 4.69) is 31.5 Å². The lowest BCUT2D eigenvalue weighted by atomic mass is 10.1. The molecular weight excluding hydrogens is 520 g/mol. The molecule has 0 unspecified atom stereocenters. The Labute approximate surface area is 219 Å². The van der Waals surface area contributed by atoms with Gasteiger partial charge in [0.2, 0.25) is 10.0 Å². The van der Waals surface area contributed by atoms with E-state index in [0.717, 1.165) is 30.9 Å². The topological polar surface area (TPSA) is 155 Å². The number of halogens is 1. The van der Waals surface area contributed by atoms with Crippen LogP contribution in [-0.4, -0.2) is 59.3 Å². The molecule has 1 atom stereocenters. The van der Waals surface area contributed by atoms with Gasteiger partial charge in [0.25, 0.3) is 5.91 Å². The van der Waals surface area contributed by atoms with E-state index >= 15 is 0 Å². The van der Waals surface area contributed by atoms with Gasteiger partial charge in [-0.3, -0.25) is 14.3 Å². The van der Waals surface area contributed by atoms with Crippen molar-refractivity contribution in [1.82, 2.24) is 24.8 Å². The fraction of sp³-hybridized carbons (Fsp3) is 0.333.